The van der Waals surface area contributed by atoms with Crippen molar-refractivity contribution in [3.8, 4) is 0 Å². The number of aliphatic hydroxyl groups excluding tert-OH is 3. The van der Waals surface area contributed by atoms with Crippen LogP contribution >= 0.6 is 0 Å². The lowest BCUT2D eigenvalue weighted by molar-refractivity contribution is -0.169. The van der Waals surface area contributed by atoms with Gasteiger partial charge in [0.2, 0.25) is 0 Å². The summed E-state index contributed by atoms with van der Waals surface area (Å²) in [6, 6.07) is 0. The van der Waals surface area contributed by atoms with E-state index in [1.165, 1.54) is 13.8 Å². The van der Waals surface area contributed by atoms with E-state index < -0.39 is 60.2 Å². The minimum Gasteiger partial charge on any atom is -0.458 e. The molecule has 2 saturated carbocycles. The van der Waals surface area contributed by atoms with Gasteiger partial charge in [0.1, 0.15) is 6.10 Å². The molecule has 0 aliphatic heterocycles. The van der Waals surface area contributed by atoms with Crippen LogP contribution in [0.3, 0.4) is 0 Å². The molecule has 2 aliphatic rings. The fraction of sp³-hybridized carbons (Fsp3) is 0.667. The van der Waals surface area contributed by atoms with Gasteiger partial charge in [-0.25, -0.2) is 0 Å². The predicted molar refractivity (Wildman–Crippen MR) is 116 cm³/mol. The third-order valence-corrected chi connectivity index (χ3v) is 6.59. The lowest BCUT2D eigenvalue weighted by Crippen LogP contribution is -2.45. The summed E-state index contributed by atoms with van der Waals surface area (Å²) in [6.07, 6.45) is -2.03. The van der Waals surface area contributed by atoms with Crippen molar-refractivity contribution in [2.24, 2.45) is 23.7 Å². The molecule has 174 valence electrons. The highest BCUT2D eigenvalue weighted by Crippen LogP contribution is 2.49. The maximum atomic E-state index is 11.9. The van der Waals surface area contributed by atoms with E-state index in [0.29, 0.717) is 17.6 Å². The van der Waals surface area contributed by atoms with Gasteiger partial charge >= 0.3 is 11.9 Å². The Morgan fingerprint density at radius 1 is 0.968 bits per heavy atom. The number of ether oxygens (including phenoxy) is 2. The molecule has 0 aromatic carbocycles. The topological polar surface area (TPSA) is 113 Å². The number of hydrogen-bond acceptors (Lipinski definition) is 7. The maximum Gasteiger partial charge on any atom is 0.303 e. The first-order valence-electron chi connectivity index (χ1n) is 10.8. The van der Waals surface area contributed by atoms with E-state index in [1.807, 2.05) is 13.8 Å². The first kappa shape index (κ1) is 25.3. The molecule has 0 radical (unpaired) electrons. The van der Waals surface area contributed by atoms with Crippen LogP contribution in [-0.2, 0) is 19.1 Å². The normalized spacial score (nSPS) is 33.5. The maximum absolute atomic E-state index is 11.9. The van der Waals surface area contributed by atoms with Crippen LogP contribution in [0.2, 0.25) is 0 Å². The van der Waals surface area contributed by atoms with E-state index in [-0.39, 0.29) is 12.3 Å². The van der Waals surface area contributed by atoms with Crippen LogP contribution < -0.4 is 0 Å². The lowest BCUT2D eigenvalue weighted by Gasteiger charge is -2.38. The monoisotopic (exact) mass is 436 g/mol. The molecular formula is C24H36O7. The van der Waals surface area contributed by atoms with Crippen LogP contribution in [0, 0.1) is 23.7 Å². The average molecular weight is 437 g/mol. The van der Waals surface area contributed by atoms with Gasteiger partial charge in [-0.15, -0.1) is 0 Å². The number of esters is 2. The van der Waals surface area contributed by atoms with Gasteiger partial charge in [0.15, 0.2) is 6.10 Å². The van der Waals surface area contributed by atoms with E-state index in [2.05, 4.69) is 13.2 Å². The van der Waals surface area contributed by atoms with Gasteiger partial charge in [0, 0.05) is 25.7 Å². The molecule has 7 nitrogen and oxygen atoms in total. The van der Waals surface area contributed by atoms with Gasteiger partial charge < -0.3 is 24.8 Å². The molecule has 0 aromatic heterocycles. The second-order valence-electron chi connectivity index (χ2n) is 9.19. The van der Waals surface area contributed by atoms with Crippen LogP contribution in [-0.4, -0.2) is 57.8 Å². The Bertz CT molecular complexity index is 751. The van der Waals surface area contributed by atoms with E-state index in [0.717, 1.165) is 5.57 Å². The molecule has 0 amide bonds. The summed E-state index contributed by atoms with van der Waals surface area (Å²) in [5, 5.41) is 32.4. The highest BCUT2D eigenvalue weighted by molar-refractivity contribution is 5.67. The zero-order chi connectivity index (χ0) is 23.6. The summed E-state index contributed by atoms with van der Waals surface area (Å²) in [7, 11) is 0. The van der Waals surface area contributed by atoms with Gasteiger partial charge in [-0.2, -0.15) is 0 Å². The highest BCUT2D eigenvalue weighted by Gasteiger charge is 2.51. The zero-order valence-electron chi connectivity index (χ0n) is 19.1. The number of allylic oxidation sites excluding steroid dienone is 1. The molecule has 2 fully saturated rings. The van der Waals surface area contributed by atoms with Crippen molar-refractivity contribution in [3.05, 3.63) is 36.0 Å². The molecule has 0 bridgehead atoms. The van der Waals surface area contributed by atoms with E-state index in [1.54, 1.807) is 13.0 Å². The number of carbonyl (C=O) groups excluding carboxylic acids is 2. The quantitative estimate of drug-likeness (QED) is 0.432. The zero-order valence-corrected chi connectivity index (χ0v) is 19.1. The van der Waals surface area contributed by atoms with Crippen molar-refractivity contribution < 1.29 is 34.4 Å². The number of aliphatic hydroxyl groups is 3. The summed E-state index contributed by atoms with van der Waals surface area (Å²) in [5.74, 6) is -2.79. The Kier molecular flexibility index (Phi) is 8.25. The molecule has 3 N–H and O–H groups in total. The summed E-state index contributed by atoms with van der Waals surface area (Å²) in [4.78, 5) is 23.6. The van der Waals surface area contributed by atoms with Crippen LogP contribution in [0.4, 0.5) is 0 Å². The first-order chi connectivity index (χ1) is 14.3. The molecule has 0 spiro atoms. The smallest absolute Gasteiger partial charge is 0.303 e. The lowest BCUT2D eigenvalue weighted by atomic mass is 9.75. The molecule has 2 rings (SSSR count). The molecule has 0 aromatic rings. The van der Waals surface area contributed by atoms with Crippen molar-refractivity contribution >= 4 is 11.9 Å². The average Bonchev–Trinajstić information content (AvgIpc) is 2.91. The van der Waals surface area contributed by atoms with Crippen molar-refractivity contribution in [2.75, 3.05) is 0 Å². The third-order valence-electron chi connectivity index (χ3n) is 6.59. The van der Waals surface area contributed by atoms with Crippen LogP contribution in [0.1, 0.15) is 47.5 Å². The van der Waals surface area contributed by atoms with Crippen molar-refractivity contribution in [2.45, 2.75) is 78.0 Å². The minimum atomic E-state index is -0.943. The SMILES string of the molecule is C=C1C(O)CC(C(C)C(OC(C)=O)C(C=C(C)C)OC(C)=O)C(O)C2C(=C)C(O)CC12. The van der Waals surface area contributed by atoms with E-state index in [4.69, 9.17) is 9.47 Å². The fourth-order valence-electron chi connectivity index (χ4n) is 5.07. The van der Waals surface area contributed by atoms with Gasteiger partial charge in [-0.3, -0.25) is 9.59 Å². The molecule has 2 aliphatic carbocycles. The van der Waals surface area contributed by atoms with Crippen LogP contribution in [0.5, 0.6) is 0 Å². The van der Waals surface area contributed by atoms with Gasteiger partial charge in [-0.1, -0.05) is 25.7 Å². The van der Waals surface area contributed by atoms with Crippen molar-refractivity contribution in [3.63, 3.8) is 0 Å². The Balaban J connectivity index is 2.46. The Morgan fingerprint density at radius 2 is 1.52 bits per heavy atom. The van der Waals surface area contributed by atoms with Gasteiger partial charge in [0.05, 0.1) is 18.3 Å². The highest BCUT2D eigenvalue weighted by atomic mass is 16.6. The van der Waals surface area contributed by atoms with E-state index in [9.17, 15) is 24.9 Å². The van der Waals surface area contributed by atoms with Crippen LogP contribution in [0.15, 0.2) is 36.0 Å². The summed E-state index contributed by atoms with van der Waals surface area (Å²) in [5.41, 5.74) is 1.97. The number of hydrogen-bond donors (Lipinski definition) is 3. The molecule has 0 heterocycles. The third kappa shape index (κ3) is 5.64. The standard InChI is InChI=1S/C24H36O7/c1-11(2)8-21(30-15(6)25)24(31-16(7)26)13(4)18-10-19(27)12(3)17-9-20(28)14(5)22(17)23(18)29/h8,13,17-24,27-29H,3,5,9-10H2,1-2,4,6-7H3. The van der Waals surface area contributed by atoms with Crippen molar-refractivity contribution in [1.82, 2.24) is 0 Å². The molecule has 0 saturated heterocycles. The molecule has 9 unspecified atom stereocenters. The molecular weight excluding hydrogens is 400 g/mol. The number of rotatable bonds is 6. The summed E-state index contributed by atoms with van der Waals surface area (Å²) < 4.78 is 11.1. The van der Waals surface area contributed by atoms with E-state index >= 15 is 0 Å². The Morgan fingerprint density at radius 3 is 2.03 bits per heavy atom. The Labute approximate surface area is 184 Å². The number of carbonyl (C=O) groups is 2. The van der Waals surface area contributed by atoms with Crippen LogP contribution in [0.25, 0.3) is 0 Å². The second kappa shape index (κ2) is 10.1. The summed E-state index contributed by atoms with van der Waals surface area (Å²) in [6.45, 7) is 16.0. The Hall–Kier alpha value is -1.96. The number of fused-ring (bicyclic) bond motifs is 1. The minimum absolute atomic E-state index is 0.205. The second-order valence-corrected chi connectivity index (χ2v) is 9.19. The molecule has 9 atom stereocenters. The first-order valence-corrected chi connectivity index (χ1v) is 10.8. The predicted octanol–water partition coefficient (Wildman–Crippen LogP) is 2.30. The summed E-state index contributed by atoms with van der Waals surface area (Å²) >= 11 is 0. The van der Waals surface area contributed by atoms with Gasteiger partial charge in [0.25, 0.3) is 0 Å². The largest absolute Gasteiger partial charge is 0.458 e. The van der Waals surface area contributed by atoms with Gasteiger partial charge in [-0.05, 0) is 55.7 Å². The molecule has 7 heteroatoms. The van der Waals surface area contributed by atoms with Crippen molar-refractivity contribution in [1.29, 1.82) is 0 Å². The fourth-order valence-corrected chi connectivity index (χ4v) is 5.07. The molecule has 31 heavy (non-hydrogen) atoms.